The number of benzene rings is 1. The van der Waals surface area contributed by atoms with Crippen molar-refractivity contribution in [1.82, 2.24) is 0 Å². The van der Waals surface area contributed by atoms with Gasteiger partial charge in [-0.2, -0.15) is 0 Å². The van der Waals surface area contributed by atoms with E-state index >= 15 is 0 Å². The highest BCUT2D eigenvalue weighted by Crippen LogP contribution is 2.41. The van der Waals surface area contributed by atoms with Gasteiger partial charge >= 0.3 is 0 Å². The van der Waals surface area contributed by atoms with E-state index in [1.807, 2.05) is 0 Å². The molecule has 2 rings (SSSR count). The van der Waals surface area contributed by atoms with Crippen molar-refractivity contribution in [1.29, 1.82) is 0 Å². The zero-order chi connectivity index (χ0) is 15.3. The van der Waals surface area contributed by atoms with Crippen molar-refractivity contribution in [2.75, 3.05) is 0 Å². The van der Waals surface area contributed by atoms with Crippen LogP contribution >= 0.6 is 0 Å². The van der Waals surface area contributed by atoms with Gasteiger partial charge in [0.1, 0.15) is 5.75 Å². The molecule has 0 radical (unpaired) electrons. The third-order valence-corrected chi connectivity index (χ3v) is 9.19. The van der Waals surface area contributed by atoms with Gasteiger partial charge in [0.05, 0.1) is 0 Å². The fraction of sp³-hybridized carbons (Fsp3) is 0.556. The average Bonchev–Trinajstić information content (AvgIpc) is 2.63. The van der Waals surface area contributed by atoms with Gasteiger partial charge in [-0.1, -0.05) is 38.5 Å². The molecule has 0 fully saturated rings. The summed E-state index contributed by atoms with van der Waals surface area (Å²) < 4.78 is 6.60. The molecule has 2 heteroatoms. The zero-order valence-electron chi connectivity index (χ0n) is 14.3. The molecular formula is C18H28OSi. The van der Waals surface area contributed by atoms with Gasteiger partial charge < -0.3 is 4.43 Å². The molecule has 0 unspecified atom stereocenters. The summed E-state index contributed by atoms with van der Waals surface area (Å²) in [6.07, 6.45) is 3.42. The molecule has 1 nitrogen and oxygen atoms in total. The molecule has 0 N–H and O–H groups in total. The second-order valence-corrected chi connectivity index (χ2v) is 12.5. The molecule has 1 aliphatic carbocycles. The van der Waals surface area contributed by atoms with Crippen LogP contribution in [0, 0.1) is 13.8 Å². The third-order valence-electron chi connectivity index (χ3n) is 4.86. The maximum absolute atomic E-state index is 6.60. The lowest BCUT2D eigenvalue weighted by atomic mass is 10.00. The van der Waals surface area contributed by atoms with Crippen LogP contribution in [-0.4, -0.2) is 8.32 Å². The van der Waals surface area contributed by atoms with Crippen LogP contribution in [0.4, 0.5) is 0 Å². The van der Waals surface area contributed by atoms with Crippen molar-refractivity contribution >= 4 is 14.4 Å². The van der Waals surface area contributed by atoms with E-state index in [9.17, 15) is 0 Å². The van der Waals surface area contributed by atoms with Gasteiger partial charge in [0.15, 0.2) is 0 Å². The molecule has 110 valence electrons. The molecule has 0 spiro atoms. The Morgan fingerprint density at radius 3 is 2.25 bits per heavy atom. The van der Waals surface area contributed by atoms with Crippen LogP contribution in [0.5, 0.6) is 5.75 Å². The van der Waals surface area contributed by atoms with Crippen LogP contribution in [0.2, 0.25) is 18.1 Å². The Balaban J connectivity index is 2.47. The van der Waals surface area contributed by atoms with E-state index in [2.05, 4.69) is 66.8 Å². The SMILES string of the molecule is CC1=Cc2c(cc(C)c(O[Si](C)(C)C(C)(C)C)c2C)C1. The van der Waals surface area contributed by atoms with Crippen LogP contribution in [0.15, 0.2) is 11.6 Å². The third kappa shape index (κ3) is 2.58. The van der Waals surface area contributed by atoms with Gasteiger partial charge in [0, 0.05) is 0 Å². The minimum Gasteiger partial charge on any atom is -0.543 e. The minimum absolute atomic E-state index is 0.233. The predicted molar refractivity (Wildman–Crippen MR) is 91.1 cm³/mol. The van der Waals surface area contributed by atoms with Crippen molar-refractivity contribution in [3.63, 3.8) is 0 Å². The second-order valence-electron chi connectivity index (χ2n) is 7.75. The van der Waals surface area contributed by atoms with Crippen LogP contribution in [0.3, 0.4) is 0 Å². The van der Waals surface area contributed by atoms with Gasteiger partial charge in [-0.3, -0.25) is 0 Å². The fourth-order valence-corrected chi connectivity index (χ4v) is 3.70. The molecule has 0 saturated heterocycles. The van der Waals surface area contributed by atoms with E-state index in [0.717, 1.165) is 12.2 Å². The topological polar surface area (TPSA) is 9.23 Å². The van der Waals surface area contributed by atoms with E-state index in [-0.39, 0.29) is 5.04 Å². The Hall–Kier alpha value is -1.02. The summed E-state index contributed by atoms with van der Waals surface area (Å²) in [5.74, 6) is 1.13. The van der Waals surface area contributed by atoms with Gasteiger partial charge in [-0.05, 0) is 67.6 Å². The second kappa shape index (κ2) is 4.76. The summed E-state index contributed by atoms with van der Waals surface area (Å²) in [4.78, 5) is 0. The molecule has 0 atom stereocenters. The van der Waals surface area contributed by atoms with Crippen molar-refractivity contribution in [2.24, 2.45) is 0 Å². The van der Waals surface area contributed by atoms with E-state index in [4.69, 9.17) is 4.43 Å². The molecule has 1 aliphatic rings. The highest BCUT2D eigenvalue weighted by molar-refractivity contribution is 6.74. The van der Waals surface area contributed by atoms with E-state index < -0.39 is 8.32 Å². The lowest BCUT2D eigenvalue weighted by molar-refractivity contribution is 0.486. The molecule has 20 heavy (non-hydrogen) atoms. The molecule has 0 heterocycles. The molecular weight excluding hydrogens is 260 g/mol. The zero-order valence-corrected chi connectivity index (χ0v) is 15.3. The number of rotatable bonds is 2. The van der Waals surface area contributed by atoms with Gasteiger partial charge in [-0.25, -0.2) is 0 Å². The monoisotopic (exact) mass is 288 g/mol. The highest BCUT2D eigenvalue weighted by Gasteiger charge is 2.39. The average molecular weight is 289 g/mol. The van der Waals surface area contributed by atoms with E-state index in [1.54, 1.807) is 0 Å². The van der Waals surface area contributed by atoms with Gasteiger partial charge in [0.2, 0.25) is 0 Å². The first kappa shape index (κ1) is 15.4. The smallest absolute Gasteiger partial charge is 0.250 e. The Morgan fingerprint density at radius 2 is 1.70 bits per heavy atom. The molecule has 0 bridgehead atoms. The van der Waals surface area contributed by atoms with Crippen LogP contribution in [0.25, 0.3) is 6.08 Å². The largest absolute Gasteiger partial charge is 0.543 e. The maximum Gasteiger partial charge on any atom is 0.250 e. The summed E-state index contributed by atoms with van der Waals surface area (Å²) in [5.41, 5.74) is 6.91. The maximum atomic E-state index is 6.60. The number of allylic oxidation sites excluding steroid dienone is 1. The first-order valence-electron chi connectivity index (χ1n) is 7.52. The predicted octanol–water partition coefficient (Wildman–Crippen LogP) is 5.65. The van der Waals surface area contributed by atoms with E-state index in [0.29, 0.717) is 0 Å². The molecule has 1 aromatic rings. The molecule has 0 aromatic heterocycles. The van der Waals surface area contributed by atoms with E-state index in [1.165, 1.54) is 27.8 Å². The number of fused-ring (bicyclic) bond motifs is 1. The lowest BCUT2D eigenvalue weighted by Gasteiger charge is -2.37. The Labute approximate surface area is 125 Å². The highest BCUT2D eigenvalue weighted by atomic mass is 28.4. The molecule has 0 amide bonds. The normalized spacial score (nSPS) is 15.1. The summed E-state index contributed by atoms with van der Waals surface area (Å²) >= 11 is 0. The van der Waals surface area contributed by atoms with Crippen LogP contribution < -0.4 is 4.43 Å². The summed E-state index contributed by atoms with van der Waals surface area (Å²) in [6, 6.07) is 2.32. The number of aryl methyl sites for hydroxylation is 1. The fourth-order valence-electron chi connectivity index (χ4n) is 2.57. The molecule has 1 aromatic carbocycles. The van der Waals surface area contributed by atoms with Crippen LogP contribution in [-0.2, 0) is 6.42 Å². The quantitative estimate of drug-likeness (QED) is 0.639. The first-order valence-corrected chi connectivity index (χ1v) is 10.4. The summed E-state index contributed by atoms with van der Waals surface area (Å²) in [7, 11) is -1.78. The van der Waals surface area contributed by atoms with Crippen molar-refractivity contribution in [3.8, 4) is 5.75 Å². The minimum atomic E-state index is -1.78. The van der Waals surface area contributed by atoms with Gasteiger partial charge in [-0.15, -0.1) is 0 Å². The van der Waals surface area contributed by atoms with Crippen molar-refractivity contribution < 1.29 is 4.43 Å². The molecule has 0 aliphatic heterocycles. The Bertz CT molecular complexity index is 574. The lowest BCUT2D eigenvalue weighted by Crippen LogP contribution is -2.44. The van der Waals surface area contributed by atoms with Crippen molar-refractivity contribution in [3.05, 3.63) is 33.9 Å². The summed E-state index contributed by atoms with van der Waals surface area (Å²) in [5, 5.41) is 0.233. The number of hydrogen-bond donors (Lipinski definition) is 0. The Kier molecular flexibility index (Phi) is 3.66. The van der Waals surface area contributed by atoms with Gasteiger partial charge in [0.25, 0.3) is 8.32 Å². The molecule has 0 saturated carbocycles. The summed E-state index contributed by atoms with van der Waals surface area (Å²) in [6.45, 7) is 18.1. The first-order chi connectivity index (χ1) is 9.03. The van der Waals surface area contributed by atoms with Crippen LogP contribution in [0.1, 0.15) is 49.9 Å². The number of hydrogen-bond acceptors (Lipinski definition) is 1. The van der Waals surface area contributed by atoms with Crippen molar-refractivity contribution in [2.45, 2.75) is 66.1 Å². The Morgan fingerprint density at radius 1 is 1.10 bits per heavy atom. The standard InChI is InChI=1S/C18H28OSi/c1-12-9-15-11-13(2)17(14(3)16(15)10-12)19-20(7,8)18(4,5)6/h10-11H,9H2,1-8H3.